The van der Waals surface area contributed by atoms with Crippen molar-refractivity contribution in [3.8, 4) is 0 Å². The number of halogens is 1. The molecule has 2 aliphatic rings. The van der Waals surface area contributed by atoms with Crippen LogP contribution in [0.1, 0.15) is 43.7 Å². The Bertz CT molecular complexity index is 585. The number of carbonyl (C=O) groups is 1. The minimum Gasteiger partial charge on any atom is -0.465 e. The number of hydrogen-bond acceptors (Lipinski definition) is 2. The molecule has 1 aliphatic carbocycles. The maximum atomic E-state index is 11.1. The molecule has 1 aromatic rings. The first-order valence-electron chi connectivity index (χ1n) is 9.09. The van der Waals surface area contributed by atoms with E-state index in [-0.39, 0.29) is 0 Å². The van der Waals surface area contributed by atoms with Crippen molar-refractivity contribution < 1.29 is 9.90 Å². The highest BCUT2D eigenvalue weighted by molar-refractivity contribution is 9.10. The molecule has 1 amide bonds. The zero-order chi connectivity index (χ0) is 17.1. The van der Waals surface area contributed by atoms with Gasteiger partial charge >= 0.3 is 6.09 Å². The van der Waals surface area contributed by atoms with E-state index in [0.29, 0.717) is 25.2 Å². The molecule has 1 aliphatic heterocycles. The first kappa shape index (κ1) is 17.7. The van der Waals surface area contributed by atoms with Crippen molar-refractivity contribution >= 4 is 22.0 Å². The van der Waals surface area contributed by atoms with Crippen molar-refractivity contribution in [1.82, 2.24) is 9.80 Å². The Morgan fingerprint density at radius 2 is 2.00 bits per heavy atom. The lowest BCUT2D eigenvalue weighted by Crippen LogP contribution is -2.51. The number of fused-ring (bicyclic) bond motifs is 1. The van der Waals surface area contributed by atoms with Crippen LogP contribution in [0.4, 0.5) is 4.79 Å². The van der Waals surface area contributed by atoms with Crippen LogP contribution in [0.25, 0.3) is 0 Å². The smallest absolute Gasteiger partial charge is 0.407 e. The van der Waals surface area contributed by atoms with E-state index in [1.165, 1.54) is 22.0 Å². The van der Waals surface area contributed by atoms with E-state index in [2.05, 4.69) is 46.0 Å². The quantitative estimate of drug-likeness (QED) is 0.833. The van der Waals surface area contributed by atoms with Gasteiger partial charge < -0.3 is 10.0 Å². The number of hydrogen-bond donors (Lipinski definition) is 1. The van der Waals surface area contributed by atoms with Gasteiger partial charge in [-0.05, 0) is 68.3 Å². The lowest BCUT2D eigenvalue weighted by molar-refractivity contribution is 0.0648. The second-order valence-electron chi connectivity index (χ2n) is 7.05. The highest BCUT2D eigenvalue weighted by Gasteiger charge is 2.32. The summed E-state index contributed by atoms with van der Waals surface area (Å²) in [7, 11) is 0. The molecule has 0 saturated carbocycles. The number of rotatable bonds is 4. The fourth-order valence-corrected chi connectivity index (χ4v) is 4.71. The van der Waals surface area contributed by atoms with Crippen LogP contribution in [0.5, 0.6) is 0 Å². The Morgan fingerprint density at radius 1 is 1.25 bits per heavy atom. The van der Waals surface area contributed by atoms with Gasteiger partial charge in [0.1, 0.15) is 0 Å². The van der Waals surface area contributed by atoms with Crippen LogP contribution in [-0.4, -0.2) is 52.7 Å². The predicted octanol–water partition coefficient (Wildman–Crippen LogP) is 4.16. The average Bonchev–Trinajstić information content (AvgIpc) is 2.59. The zero-order valence-electron chi connectivity index (χ0n) is 14.4. The van der Waals surface area contributed by atoms with Gasteiger partial charge in [0.2, 0.25) is 0 Å². The molecule has 1 heterocycles. The lowest BCUT2D eigenvalue weighted by atomic mass is 9.86. The molecule has 5 heteroatoms. The van der Waals surface area contributed by atoms with Crippen molar-refractivity contribution in [1.29, 1.82) is 0 Å². The number of piperidine rings is 1. The van der Waals surface area contributed by atoms with Crippen LogP contribution in [0.15, 0.2) is 22.7 Å². The van der Waals surface area contributed by atoms with Crippen LogP contribution >= 0.6 is 15.9 Å². The predicted molar refractivity (Wildman–Crippen MR) is 99.6 cm³/mol. The topological polar surface area (TPSA) is 43.8 Å². The summed E-state index contributed by atoms with van der Waals surface area (Å²) >= 11 is 3.60. The van der Waals surface area contributed by atoms with Gasteiger partial charge in [-0.2, -0.15) is 0 Å². The molecule has 3 rings (SSSR count). The highest BCUT2D eigenvalue weighted by Crippen LogP contribution is 2.30. The van der Waals surface area contributed by atoms with Gasteiger partial charge in [0.25, 0.3) is 0 Å². The Hall–Kier alpha value is -1.07. The van der Waals surface area contributed by atoms with Crippen LogP contribution in [0.2, 0.25) is 0 Å². The molecule has 24 heavy (non-hydrogen) atoms. The number of amides is 1. The normalized spacial score (nSPS) is 21.8. The molecule has 132 valence electrons. The second kappa shape index (κ2) is 7.87. The van der Waals surface area contributed by atoms with Crippen molar-refractivity contribution in [2.24, 2.45) is 0 Å². The third kappa shape index (κ3) is 3.94. The molecule has 4 nitrogen and oxygen atoms in total. The van der Waals surface area contributed by atoms with Gasteiger partial charge in [0.05, 0.1) is 0 Å². The van der Waals surface area contributed by atoms with Crippen LogP contribution in [0.3, 0.4) is 0 Å². The average molecular weight is 395 g/mol. The molecular formula is C19H27BrN2O2. The molecule has 0 radical (unpaired) electrons. The standard InChI is InChI=1S/C19H27BrN2O2/c1-2-9-22(17-7-10-21(11-8-17)19(23)24)18-6-4-14-3-5-16(20)12-15(14)13-18/h3,5,12,17-18H,2,4,6-11,13H2,1H3,(H,23,24). The van der Waals surface area contributed by atoms with Gasteiger partial charge in [0, 0.05) is 29.6 Å². The number of carboxylic acid groups (broad SMARTS) is 1. The van der Waals surface area contributed by atoms with E-state index in [1.807, 2.05) is 0 Å². The largest absolute Gasteiger partial charge is 0.465 e. The Kier molecular flexibility index (Phi) is 5.82. The summed E-state index contributed by atoms with van der Waals surface area (Å²) in [5.74, 6) is 0. The Balaban J connectivity index is 1.69. The Morgan fingerprint density at radius 3 is 2.67 bits per heavy atom. The molecular weight excluding hydrogens is 368 g/mol. The van der Waals surface area contributed by atoms with Gasteiger partial charge in [0.15, 0.2) is 0 Å². The molecule has 0 spiro atoms. The van der Waals surface area contributed by atoms with E-state index < -0.39 is 6.09 Å². The van der Waals surface area contributed by atoms with Crippen LogP contribution < -0.4 is 0 Å². The van der Waals surface area contributed by atoms with E-state index in [1.54, 1.807) is 4.90 Å². The van der Waals surface area contributed by atoms with E-state index in [4.69, 9.17) is 5.11 Å². The maximum Gasteiger partial charge on any atom is 0.407 e. The summed E-state index contributed by atoms with van der Waals surface area (Å²) in [6, 6.07) is 7.79. The summed E-state index contributed by atoms with van der Waals surface area (Å²) in [5, 5.41) is 9.16. The van der Waals surface area contributed by atoms with Crippen LogP contribution in [-0.2, 0) is 12.8 Å². The third-order valence-corrected chi connectivity index (χ3v) is 6.02. The maximum absolute atomic E-state index is 11.1. The fraction of sp³-hybridized carbons (Fsp3) is 0.632. The summed E-state index contributed by atoms with van der Waals surface area (Å²) in [5.41, 5.74) is 2.97. The number of benzene rings is 1. The molecule has 1 fully saturated rings. The molecule has 1 aromatic carbocycles. The second-order valence-corrected chi connectivity index (χ2v) is 7.96. The van der Waals surface area contributed by atoms with Crippen molar-refractivity contribution in [3.05, 3.63) is 33.8 Å². The third-order valence-electron chi connectivity index (χ3n) is 5.53. The van der Waals surface area contributed by atoms with E-state index in [9.17, 15) is 4.79 Å². The molecule has 1 unspecified atom stereocenters. The summed E-state index contributed by atoms with van der Waals surface area (Å²) in [6.45, 7) is 4.71. The fourth-order valence-electron chi connectivity index (χ4n) is 4.30. The Labute approximate surface area is 153 Å². The van der Waals surface area contributed by atoms with Gasteiger partial charge in [-0.15, -0.1) is 0 Å². The highest BCUT2D eigenvalue weighted by atomic mass is 79.9. The molecule has 1 N–H and O–H groups in total. The number of likely N-dealkylation sites (tertiary alicyclic amines) is 1. The van der Waals surface area contributed by atoms with E-state index in [0.717, 1.165) is 38.6 Å². The van der Waals surface area contributed by atoms with Gasteiger partial charge in [-0.1, -0.05) is 28.9 Å². The van der Waals surface area contributed by atoms with Crippen molar-refractivity contribution in [2.45, 2.75) is 57.5 Å². The number of aryl methyl sites for hydroxylation is 1. The van der Waals surface area contributed by atoms with Crippen LogP contribution in [0, 0.1) is 0 Å². The number of nitrogens with zero attached hydrogens (tertiary/aromatic N) is 2. The minimum atomic E-state index is -0.771. The van der Waals surface area contributed by atoms with E-state index >= 15 is 0 Å². The first-order valence-corrected chi connectivity index (χ1v) is 9.88. The minimum absolute atomic E-state index is 0.527. The zero-order valence-corrected chi connectivity index (χ0v) is 16.0. The monoisotopic (exact) mass is 394 g/mol. The SMILES string of the molecule is CCCN(C1CCN(C(=O)O)CC1)C1CCc2ccc(Br)cc2C1. The molecule has 1 saturated heterocycles. The van der Waals surface area contributed by atoms with Gasteiger partial charge in [-0.3, -0.25) is 4.90 Å². The summed E-state index contributed by atoms with van der Waals surface area (Å²) in [4.78, 5) is 15.4. The van der Waals surface area contributed by atoms with Crippen molar-refractivity contribution in [3.63, 3.8) is 0 Å². The lowest BCUT2D eigenvalue weighted by Gasteiger charge is -2.43. The molecule has 0 bridgehead atoms. The summed E-state index contributed by atoms with van der Waals surface area (Å²) in [6.07, 6.45) is 5.80. The molecule has 1 atom stereocenters. The summed E-state index contributed by atoms with van der Waals surface area (Å²) < 4.78 is 1.17. The molecule has 0 aromatic heterocycles. The van der Waals surface area contributed by atoms with Crippen molar-refractivity contribution in [2.75, 3.05) is 19.6 Å². The first-order chi connectivity index (χ1) is 11.6. The van der Waals surface area contributed by atoms with Gasteiger partial charge in [-0.25, -0.2) is 4.79 Å².